The van der Waals surface area contributed by atoms with E-state index in [0.717, 1.165) is 38.4 Å². The second-order valence-electron chi connectivity index (χ2n) is 6.07. The predicted octanol–water partition coefficient (Wildman–Crippen LogP) is 6.01. The molecule has 0 aliphatic heterocycles. The second kappa shape index (κ2) is 16.8. The molecule has 0 bridgehead atoms. The molecule has 0 aromatic rings. The molecule has 0 amide bonds. The molecule has 0 N–H and O–H groups in total. The molecule has 0 spiro atoms. The van der Waals surface area contributed by atoms with Crippen molar-refractivity contribution in [2.75, 3.05) is 0 Å². The average Bonchev–Trinajstić information content (AvgIpc) is 2.45. The number of rotatable bonds is 16. The third-order valence-corrected chi connectivity index (χ3v) is 3.97. The summed E-state index contributed by atoms with van der Waals surface area (Å²) in [4.78, 5) is 11.7. The first-order valence-electron chi connectivity index (χ1n) is 9.03. The van der Waals surface area contributed by atoms with E-state index in [4.69, 9.17) is 7.85 Å². The van der Waals surface area contributed by atoms with Crippen LogP contribution in [0.4, 0.5) is 0 Å². The van der Waals surface area contributed by atoms with Crippen molar-refractivity contribution in [1.82, 2.24) is 0 Å². The normalized spacial score (nSPS) is 10.8. The van der Waals surface area contributed by atoms with Crippen LogP contribution in [-0.4, -0.2) is 13.6 Å². The highest BCUT2D eigenvalue weighted by Crippen LogP contribution is 2.12. The van der Waals surface area contributed by atoms with Gasteiger partial charge in [0.05, 0.1) is 7.85 Å². The summed E-state index contributed by atoms with van der Waals surface area (Å²) in [5.74, 6) is 0.481. The van der Waals surface area contributed by atoms with Gasteiger partial charge in [-0.15, -0.1) is 0 Å². The van der Waals surface area contributed by atoms with Crippen molar-refractivity contribution >= 4 is 13.6 Å². The van der Waals surface area contributed by atoms with Gasteiger partial charge in [0.1, 0.15) is 5.78 Å². The van der Waals surface area contributed by atoms with Gasteiger partial charge in [-0.25, -0.2) is 0 Å². The molecule has 0 saturated heterocycles. The minimum atomic E-state index is 0.481. The van der Waals surface area contributed by atoms with Crippen LogP contribution in [-0.2, 0) is 4.79 Å². The zero-order valence-electron chi connectivity index (χ0n) is 13.8. The minimum absolute atomic E-state index is 0.481. The third kappa shape index (κ3) is 15.8. The van der Waals surface area contributed by atoms with Crippen molar-refractivity contribution in [2.24, 2.45) is 0 Å². The number of ketones is 1. The first-order valence-corrected chi connectivity index (χ1v) is 9.03. The van der Waals surface area contributed by atoms with Crippen molar-refractivity contribution in [3.05, 3.63) is 0 Å². The van der Waals surface area contributed by atoms with Crippen LogP contribution in [0.1, 0.15) is 103 Å². The molecule has 116 valence electrons. The van der Waals surface area contributed by atoms with Crippen molar-refractivity contribution in [3.63, 3.8) is 0 Å². The van der Waals surface area contributed by atoms with Gasteiger partial charge in [0.15, 0.2) is 0 Å². The molecule has 0 aliphatic carbocycles. The van der Waals surface area contributed by atoms with Crippen LogP contribution >= 0.6 is 0 Å². The summed E-state index contributed by atoms with van der Waals surface area (Å²) in [6, 6.07) is 0. The van der Waals surface area contributed by atoms with E-state index in [1.807, 2.05) is 0 Å². The Balaban J connectivity index is 3.12. The maximum atomic E-state index is 11.7. The lowest BCUT2D eigenvalue weighted by atomic mass is 9.98. The van der Waals surface area contributed by atoms with Crippen LogP contribution in [0.25, 0.3) is 0 Å². The summed E-state index contributed by atoms with van der Waals surface area (Å²) in [7, 11) is 5.45. The van der Waals surface area contributed by atoms with Crippen LogP contribution in [0.3, 0.4) is 0 Å². The summed E-state index contributed by atoms with van der Waals surface area (Å²) in [6.07, 6.45) is 18.8. The van der Waals surface area contributed by atoms with Gasteiger partial charge >= 0.3 is 0 Å². The van der Waals surface area contributed by atoms with Crippen molar-refractivity contribution in [1.29, 1.82) is 0 Å². The third-order valence-electron chi connectivity index (χ3n) is 3.97. The lowest BCUT2D eigenvalue weighted by Crippen LogP contribution is -1.97. The maximum Gasteiger partial charge on any atom is 0.132 e. The first-order chi connectivity index (χ1) is 9.81. The van der Waals surface area contributed by atoms with Crippen LogP contribution in [0.2, 0.25) is 6.32 Å². The Kier molecular flexibility index (Phi) is 16.6. The molecule has 20 heavy (non-hydrogen) atoms. The van der Waals surface area contributed by atoms with E-state index in [1.54, 1.807) is 0 Å². The van der Waals surface area contributed by atoms with Crippen LogP contribution < -0.4 is 0 Å². The van der Waals surface area contributed by atoms with Crippen molar-refractivity contribution < 1.29 is 4.79 Å². The Morgan fingerprint density at radius 1 is 0.650 bits per heavy atom. The average molecular weight is 278 g/mol. The van der Waals surface area contributed by atoms with E-state index in [-0.39, 0.29) is 0 Å². The lowest BCUT2D eigenvalue weighted by molar-refractivity contribution is -0.119. The van der Waals surface area contributed by atoms with E-state index in [2.05, 4.69) is 6.92 Å². The minimum Gasteiger partial charge on any atom is -0.300 e. The van der Waals surface area contributed by atoms with E-state index in [1.165, 1.54) is 64.2 Å². The molecule has 0 aliphatic rings. The molecular formula is C18H35BO. The molecule has 2 heteroatoms. The SMILES string of the molecule is [B]CCCCCCCC(=O)CCCCCCCCCC. The van der Waals surface area contributed by atoms with Crippen molar-refractivity contribution in [2.45, 2.75) is 110 Å². The van der Waals surface area contributed by atoms with Gasteiger partial charge in [0.25, 0.3) is 0 Å². The fourth-order valence-electron chi connectivity index (χ4n) is 2.58. The second-order valence-corrected chi connectivity index (χ2v) is 6.07. The topological polar surface area (TPSA) is 17.1 Å². The molecule has 1 nitrogen and oxygen atoms in total. The van der Waals surface area contributed by atoms with Gasteiger partial charge in [0.2, 0.25) is 0 Å². The Morgan fingerprint density at radius 3 is 1.50 bits per heavy atom. The van der Waals surface area contributed by atoms with E-state index >= 15 is 0 Å². The number of hydrogen-bond acceptors (Lipinski definition) is 1. The maximum absolute atomic E-state index is 11.7. The predicted molar refractivity (Wildman–Crippen MR) is 90.5 cm³/mol. The van der Waals surface area contributed by atoms with Gasteiger partial charge in [-0.3, -0.25) is 4.79 Å². The Bertz CT molecular complexity index is 204. The van der Waals surface area contributed by atoms with Gasteiger partial charge in [-0.1, -0.05) is 83.9 Å². The number of carbonyl (C=O) groups is 1. The van der Waals surface area contributed by atoms with E-state index < -0.39 is 0 Å². The zero-order valence-corrected chi connectivity index (χ0v) is 13.8. The molecule has 0 aromatic heterocycles. The molecule has 0 rings (SSSR count). The van der Waals surface area contributed by atoms with Crippen molar-refractivity contribution in [3.8, 4) is 0 Å². The highest BCUT2D eigenvalue weighted by Gasteiger charge is 2.01. The monoisotopic (exact) mass is 278 g/mol. The Hall–Kier alpha value is -0.265. The standard InChI is InChI=1S/C18H35BO/c1-2-3-4-5-6-7-9-12-15-18(20)16-13-10-8-11-14-17-19/h2-17H2,1H3. The molecule has 0 atom stereocenters. The highest BCUT2D eigenvalue weighted by atomic mass is 16.1. The summed E-state index contributed by atoms with van der Waals surface area (Å²) >= 11 is 0. The molecule has 0 unspecified atom stereocenters. The molecular weight excluding hydrogens is 243 g/mol. The summed E-state index contributed by atoms with van der Waals surface area (Å²) in [5.41, 5.74) is 0. The van der Waals surface area contributed by atoms with Gasteiger partial charge in [0, 0.05) is 12.8 Å². The summed E-state index contributed by atoms with van der Waals surface area (Å²) in [5, 5.41) is 0. The fraction of sp³-hybridized carbons (Fsp3) is 0.944. The number of Topliss-reactive ketones (excluding diaryl/α,β-unsaturated/α-hetero) is 1. The molecule has 2 radical (unpaired) electrons. The smallest absolute Gasteiger partial charge is 0.132 e. The molecule has 0 saturated carbocycles. The van der Waals surface area contributed by atoms with Gasteiger partial charge in [-0.05, 0) is 12.8 Å². The number of unbranched alkanes of at least 4 members (excludes halogenated alkanes) is 11. The lowest BCUT2D eigenvalue weighted by Gasteiger charge is -2.03. The largest absolute Gasteiger partial charge is 0.300 e. The number of hydrogen-bond donors (Lipinski definition) is 0. The molecule has 0 fully saturated rings. The first kappa shape index (κ1) is 19.7. The molecule has 0 heterocycles. The van der Waals surface area contributed by atoms with Crippen LogP contribution in [0.15, 0.2) is 0 Å². The number of carbonyl (C=O) groups excluding carboxylic acids is 1. The van der Waals surface area contributed by atoms with Gasteiger partial charge in [-0.2, -0.15) is 0 Å². The quantitative estimate of drug-likeness (QED) is 0.249. The summed E-state index contributed by atoms with van der Waals surface area (Å²) < 4.78 is 0. The summed E-state index contributed by atoms with van der Waals surface area (Å²) in [6.45, 7) is 2.25. The van der Waals surface area contributed by atoms with E-state index in [0.29, 0.717) is 5.78 Å². The fourth-order valence-corrected chi connectivity index (χ4v) is 2.58. The van der Waals surface area contributed by atoms with E-state index in [9.17, 15) is 4.79 Å². The van der Waals surface area contributed by atoms with Crippen LogP contribution in [0, 0.1) is 0 Å². The van der Waals surface area contributed by atoms with Gasteiger partial charge < -0.3 is 0 Å². The molecule has 0 aromatic carbocycles. The van der Waals surface area contributed by atoms with Crippen LogP contribution in [0.5, 0.6) is 0 Å². The zero-order chi connectivity index (χ0) is 14.9. The Labute approximate surface area is 128 Å². The highest BCUT2D eigenvalue weighted by molar-refractivity contribution is 6.08. The Morgan fingerprint density at radius 2 is 1.05 bits per heavy atom.